The highest BCUT2D eigenvalue weighted by Gasteiger charge is 2.42. The zero-order valence-electron chi connectivity index (χ0n) is 22.4. The van der Waals surface area contributed by atoms with Crippen LogP contribution >= 0.6 is 0 Å². The standard InChI is InChI=1S/C27H34N4O7S/c1-27(2,3)23(30-24(34)20-12-11-17-8-5-6-9-19(17)29-20)26(36)31-14-7-10-21(31)25(35)28-18(16-22(32)33)13-15-39(4,37)38/h5-6,8-9,11-13,15,18,21,23H,7,10,14,16H2,1-4H3,(H,28,35)(H,30,34)(H,32,33)/b15-13+/t18-,21-,23?/m1/s1. The molecule has 1 saturated heterocycles. The summed E-state index contributed by atoms with van der Waals surface area (Å²) in [4.78, 5) is 57.1. The van der Waals surface area contributed by atoms with Gasteiger partial charge < -0.3 is 20.6 Å². The maximum Gasteiger partial charge on any atom is 0.305 e. The van der Waals surface area contributed by atoms with Crippen molar-refractivity contribution in [2.24, 2.45) is 5.41 Å². The second kappa shape index (κ2) is 11.9. The Morgan fingerprint density at radius 1 is 1.13 bits per heavy atom. The van der Waals surface area contributed by atoms with Crippen molar-refractivity contribution in [1.29, 1.82) is 0 Å². The Hall–Kier alpha value is -3.80. The minimum absolute atomic E-state index is 0.153. The summed E-state index contributed by atoms with van der Waals surface area (Å²) in [6.45, 7) is 5.67. The molecular weight excluding hydrogens is 524 g/mol. The fourth-order valence-corrected chi connectivity index (χ4v) is 4.86. The Kier molecular flexibility index (Phi) is 9.10. The summed E-state index contributed by atoms with van der Waals surface area (Å²) in [5, 5.41) is 16.2. The molecule has 3 N–H and O–H groups in total. The minimum atomic E-state index is -3.54. The van der Waals surface area contributed by atoms with E-state index in [1.165, 1.54) is 4.90 Å². The number of pyridine rings is 1. The molecule has 2 heterocycles. The third-order valence-corrected chi connectivity index (χ3v) is 6.99. The van der Waals surface area contributed by atoms with Crippen LogP contribution in [0.4, 0.5) is 0 Å². The second-order valence-corrected chi connectivity index (χ2v) is 12.7. The number of likely N-dealkylation sites (tertiary alicyclic amines) is 1. The molecule has 1 unspecified atom stereocenters. The van der Waals surface area contributed by atoms with E-state index in [-0.39, 0.29) is 12.2 Å². The summed E-state index contributed by atoms with van der Waals surface area (Å²) in [6, 6.07) is 7.74. The average molecular weight is 559 g/mol. The normalized spacial score (nSPS) is 17.6. The fourth-order valence-electron chi connectivity index (χ4n) is 4.39. The first-order valence-corrected chi connectivity index (χ1v) is 14.5. The number of benzene rings is 1. The number of nitrogens with zero attached hydrogens (tertiary/aromatic N) is 2. The minimum Gasteiger partial charge on any atom is -0.481 e. The number of carbonyl (C=O) groups excluding carboxylic acids is 3. The van der Waals surface area contributed by atoms with Gasteiger partial charge in [-0.3, -0.25) is 19.2 Å². The first kappa shape index (κ1) is 29.8. The van der Waals surface area contributed by atoms with E-state index in [1.54, 1.807) is 39.0 Å². The molecule has 1 aliphatic rings. The molecule has 1 aliphatic heterocycles. The number of fused-ring (bicyclic) bond motifs is 1. The van der Waals surface area contributed by atoms with Crippen LogP contribution in [0.5, 0.6) is 0 Å². The molecule has 1 fully saturated rings. The molecule has 1 aromatic heterocycles. The Balaban J connectivity index is 1.79. The number of carboxylic acid groups (broad SMARTS) is 1. The summed E-state index contributed by atoms with van der Waals surface area (Å²) in [7, 11) is -3.54. The molecule has 0 spiro atoms. The van der Waals surface area contributed by atoms with Crippen LogP contribution in [0.15, 0.2) is 47.9 Å². The van der Waals surface area contributed by atoms with Crippen molar-refractivity contribution < 1.29 is 32.7 Å². The van der Waals surface area contributed by atoms with Crippen molar-refractivity contribution in [3.8, 4) is 0 Å². The number of para-hydroxylation sites is 1. The van der Waals surface area contributed by atoms with Gasteiger partial charge in [-0.05, 0) is 30.4 Å². The number of amides is 3. The van der Waals surface area contributed by atoms with Gasteiger partial charge in [0.15, 0.2) is 9.84 Å². The van der Waals surface area contributed by atoms with Crippen LogP contribution in [0.25, 0.3) is 10.9 Å². The number of sulfone groups is 1. The Labute approximate surface area is 227 Å². The van der Waals surface area contributed by atoms with E-state index in [1.807, 2.05) is 18.2 Å². The predicted molar refractivity (Wildman–Crippen MR) is 145 cm³/mol. The van der Waals surface area contributed by atoms with Crippen LogP contribution in [0, 0.1) is 5.41 Å². The Bertz CT molecular complexity index is 1400. The molecule has 11 nitrogen and oxygen atoms in total. The van der Waals surface area contributed by atoms with Crippen molar-refractivity contribution in [3.05, 3.63) is 53.6 Å². The highest BCUT2D eigenvalue weighted by atomic mass is 32.2. The second-order valence-electron chi connectivity index (χ2n) is 10.7. The van der Waals surface area contributed by atoms with Gasteiger partial charge in [0.05, 0.1) is 18.0 Å². The number of hydrogen-bond acceptors (Lipinski definition) is 7. The van der Waals surface area contributed by atoms with Crippen molar-refractivity contribution in [2.45, 2.75) is 58.2 Å². The highest BCUT2D eigenvalue weighted by Crippen LogP contribution is 2.26. The number of carboxylic acids is 1. The van der Waals surface area contributed by atoms with E-state index in [0.29, 0.717) is 18.4 Å². The van der Waals surface area contributed by atoms with Crippen LogP contribution in [-0.2, 0) is 24.2 Å². The van der Waals surface area contributed by atoms with E-state index in [0.717, 1.165) is 23.1 Å². The number of aromatic nitrogens is 1. The van der Waals surface area contributed by atoms with E-state index in [9.17, 15) is 32.7 Å². The molecular formula is C27H34N4O7S. The highest BCUT2D eigenvalue weighted by molar-refractivity contribution is 7.93. The van der Waals surface area contributed by atoms with Gasteiger partial charge in [-0.2, -0.15) is 0 Å². The summed E-state index contributed by atoms with van der Waals surface area (Å²) in [6.07, 6.45) is 2.40. The van der Waals surface area contributed by atoms with E-state index < -0.39 is 63.5 Å². The lowest BCUT2D eigenvalue weighted by atomic mass is 9.85. The molecule has 3 atom stereocenters. The maximum absolute atomic E-state index is 13.7. The van der Waals surface area contributed by atoms with Crippen LogP contribution < -0.4 is 10.6 Å². The van der Waals surface area contributed by atoms with Crippen molar-refractivity contribution in [2.75, 3.05) is 12.8 Å². The van der Waals surface area contributed by atoms with Gasteiger partial charge in [0.25, 0.3) is 5.91 Å². The molecule has 0 saturated carbocycles. The van der Waals surface area contributed by atoms with Gasteiger partial charge in [-0.15, -0.1) is 0 Å². The number of nitrogens with one attached hydrogen (secondary N) is 2. The predicted octanol–water partition coefficient (Wildman–Crippen LogP) is 1.89. The van der Waals surface area contributed by atoms with Crippen LogP contribution in [0.1, 0.15) is 50.5 Å². The quantitative estimate of drug-likeness (QED) is 0.420. The Morgan fingerprint density at radius 3 is 2.46 bits per heavy atom. The molecule has 0 radical (unpaired) electrons. The third kappa shape index (κ3) is 8.09. The van der Waals surface area contributed by atoms with Crippen LogP contribution in [0.3, 0.4) is 0 Å². The lowest BCUT2D eigenvalue weighted by Crippen LogP contribution is -2.58. The topological polar surface area (TPSA) is 163 Å². The first-order valence-electron chi connectivity index (χ1n) is 12.5. The SMILES string of the molecule is CC(C)(C)C(NC(=O)c1ccc2ccccc2n1)C(=O)N1CCC[C@@H]1C(=O)N[C@H](/C=C/S(C)(=O)=O)CC(=O)O. The molecule has 39 heavy (non-hydrogen) atoms. The molecule has 0 aliphatic carbocycles. The third-order valence-electron chi connectivity index (χ3n) is 6.34. The number of hydrogen-bond donors (Lipinski definition) is 3. The first-order chi connectivity index (χ1) is 18.2. The molecule has 0 bridgehead atoms. The van der Waals surface area contributed by atoms with Gasteiger partial charge in [0.2, 0.25) is 11.8 Å². The lowest BCUT2D eigenvalue weighted by Gasteiger charge is -2.35. The summed E-state index contributed by atoms with van der Waals surface area (Å²) in [5.41, 5.74) is 0.0821. The van der Waals surface area contributed by atoms with E-state index in [4.69, 9.17) is 0 Å². The number of aliphatic carboxylic acids is 1. The van der Waals surface area contributed by atoms with Gasteiger partial charge in [-0.1, -0.05) is 51.1 Å². The lowest BCUT2D eigenvalue weighted by molar-refractivity contribution is -0.142. The Morgan fingerprint density at radius 2 is 1.82 bits per heavy atom. The van der Waals surface area contributed by atoms with E-state index in [2.05, 4.69) is 15.6 Å². The van der Waals surface area contributed by atoms with Gasteiger partial charge in [0, 0.05) is 23.6 Å². The summed E-state index contributed by atoms with van der Waals surface area (Å²) < 4.78 is 23.0. The molecule has 3 amide bonds. The molecule has 2 aromatic rings. The van der Waals surface area contributed by atoms with Crippen LogP contribution in [-0.4, -0.2) is 78.0 Å². The number of rotatable bonds is 9. The monoisotopic (exact) mass is 558 g/mol. The van der Waals surface area contributed by atoms with E-state index >= 15 is 0 Å². The smallest absolute Gasteiger partial charge is 0.305 e. The van der Waals surface area contributed by atoms with Crippen molar-refractivity contribution in [3.63, 3.8) is 0 Å². The largest absolute Gasteiger partial charge is 0.481 e. The average Bonchev–Trinajstić information content (AvgIpc) is 3.34. The zero-order valence-corrected chi connectivity index (χ0v) is 23.2. The van der Waals surface area contributed by atoms with Gasteiger partial charge in [-0.25, -0.2) is 13.4 Å². The van der Waals surface area contributed by atoms with Gasteiger partial charge in [0.1, 0.15) is 17.8 Å². The van der Waals surface area contributed by atoms with Gasteiger partial charge >= 0.3 is 5.97 Å². The molecule has 1 aromatic carbocycles. The van der Waals surface area contributed by atoms with Crippen molar-refractivity contribution >= 4 is 44.4 Å². The summed E-state index contributed by atoms with van der Waals surface area (Å²) >= 11 is 0. The number of carbonyl (C=O) groups is 4. The molecule has 3 rings (SSSR count). The zero-order chi connectivity index (χ0) is 29.0. The van der Waals surface area contributed by atoms with Crippen LogP contribution in [0.2, 0.25) is 0 Å². The maximum atomic E-state index is 13.7. The summed E-state index contributed by atoms with van der Waals surface area (Å²) in [5.74, 6) is -2.80. The van der Waals surface area contributed by atoms with Crippen molar-refractivity contribution in [1.82, 2.24) is 20.5 Å². The molecule has 210 valence electrons. The fraction of sp³-hybridized carbons (Fsp3) is 0.444. The molecule has 12 heteroatoms.